The van der Waals surface area contributed by atoms with Crippen molar-refractivity contribution in [3.05, 3.63) is 28.8 Å². The van der Waals surface area contributed by atoms with E-state index in [0.29, 0.717) is 29.5 Å². The minimum atomic E-state index is -3.44. The molecule has 0 bridgehead atoms. The fraction of sp³-hybridized carbons (Fsp3) is 0.611. The van der Waals surface area contributed by atoms with Gasteiger partial charge in [-0.2, -0.15) is 0 Å². The number of nitrogens with zero attached hydrogens (tertiary/aromatic N) is 2. The molecule has 5 nitrogen and oxygen atoms in total. The summed E-state index contributed by atoms with van der Waals surface area (Å²) in [7, 11) is -3.44. The molecule has 0 N–H and O–H groups in total. The molecule has 1 aromatic rings. The molecular weight excluding hydrogens is 360 g/mol. The topological polar surface area (TPSA) is 57.7 Å². The fourth-order valence-electron chi connectivity index (χ4n) is 3.12. The Kier molecular flexibility index (Phi) is 6.74. The minimum absolute atomic E-state index is 0.114. The molecule has 0 aliphatic carbocycles. The van der Waals surface area contributed by atoms with Gasteiger partial charge in [-0.25, -0.2) is 8.42 Å². The molecule has 2 rings (SSSR count). The second kappa shape index (κ2) is 8.41. The van der Waals surface area contributed by atoms with Crippen LogP contribution in [0.5, 0.6) is 0 Å². The number of hydrogen-bond donors (Lipinski definition) is 0. The largest absolute Gasteiger partial charge is 0.343 e. The second-order valence-corrected chi connectivity index (χ2v) is 9.20. The van der Waals surface area contributed by atoms with E-state index < -0.39 is 10.0 Å². The molecule has 140 valence electrons. The van der Waals surface area contributed by atoms with E-state index in [1.54, 1.807) is 25.1 Å². The number of amides is 1. The van der Waals surface area contributed by atoms with Gasteiger partial charge in [0.05, 0.1) is 11.9 Å². The zero-order valence-corrected chi connectivity index (χ0v) is 16.7. The molecule has 1 fully saturated rings. The average Bonchev–Trinajstić information content (AvgIpc) is 2.54. The summed E-state index contributed by atoms with van der Waals surface area (Å²) in [4.78, 5) is 14.2. The van der Waals surface area contributed by atoms with E-state index in [-0.39, 0.29) is 12.5 Å². The molecule has 0 spiro atoms. The van der Waals surface area contributed by atoms with Gasteiger partial charge in [-0.15, -0.1) is 0 Å². The Balaban J connectivity index is 2.00. The summed E-state index contributed by atoms with van der Waals surface area (Å²) in [5.41, 5.74) is 1.31. The molecule has 0 atom stereocenters. The summed E-state index contributed by atoms with van der Waals surface area (Å²) in [5, 5.41) is 0.532. The number of sulfonamides is 1. The van der Waals surface area contributed by atoms with Crippen LogP contribution < -0.4 is 4.31 Å². The number of benzene rings is 1. The zero-order valence-electron chi connectivity index (χ0n) is 15.2. The number of hydrogen-bond acceptors (Lipinski definition) is 3. The van der Waals surface area contributed by atoms with Gasteiger partial charge in [-0.1, -0.05) is 24.6 Å². The molecule has 1 aromatic carbocycles. The van der Waals surface area contributed by atoms with Gasteiger partial charge >= 0.3 is 0 Å². The van der Waals surface area contributed by atoms with Crippen molar-refractivity contribution in [1.82, 2.24) is 4.90 Å². The molecule has 1 amide bonds. The van der Waals surface area contributed by atoms with Gasteiger partial charge in [0.25, 0.3) is 0 Å². The van der Waals surface area contributed by atoms with Crippen molar-refractivity contribution in [3.8, 4) is 0 Å². The van der Waals surface area contributed by atoms with Crippen LogP contribution in [-0.2, 0) is 14.8 Å². The maximum atomic E-state index is 12.3. The number of rotatable bonds is 6. The first kappa shape index (κ1) is 20.0. The van der Waals surface area contributed by atoms with Gasteiger partial charge in [-0.3, -0.25) is 9.10 Å². The summed E-state index contributed by atoms with van der Waals surface area (Å²) >= 11 is 6.12. The summed E-state index contributed by atoms with van der Waals surface area (Å²) in [5.74, 6) is 0.791. The van der Waals surface area contributed by atoms with Crippen LogP contribution in [0.15, 0.2) is 18.2 Å². The quantitative estimate of drug-likeness (QED) is 0.752. The molecule has 0 unspecified atom stereocenters. The Hall–Kier alpha value is -1.27. The Labute approximate surface area is 156 Å². The lowest BCUT2D eigenvalue weighted by Gasteiger charge is -2.30. The SMILES string of the molecule is Cc1c(Cl)cccc1N(CCCC(=O)N1CCC(C)CC1)S(C)(=O)=O. The van der Waals surface area contributed by atoms with E-state index >= 15 is 0 Å². The lowest BCUT2D eigenvalue weighted by atomic mass is 9.99. The number of piperidine rings is 1. The van der Waals surface area contributed by atoms with Crippen molar-refractivity contribution >= 4 is 33.2 Å². The van der Waals surface area contributed by atoms with Crippen LogP contribution >= 0.6 is 11.6 Å². The van der Waals surface area contributed by atoms with Crippen LogP contribution in [-0.4, -0.2) is 45.1 Å². The molecule has 0 saturated carbocycles. The van der Waals surface area contributed by atoms with Crippen molar-refractivity contribution < 1.29 is 13.2 Å². The lowest BCUT2D eigenvalue weighted by Crippen LogP contribution is -2.38. The monoisotopic (exact) mass is 386 g/mol. The first-order valence-corrected chi connectivity index (χ1v) is 10.9. The van der Waals surface area contributed by atoms with Crippen LogP contribution in [0.3, 0.4) is 0 Å². The molecule has 1 heterocycles. The molecule has 0 radical (unpaired) electrons. The van der Waals surface area contributed by atoms with Crippen LogP contribution in [0.1, 0.15) is 38.2 Å². The summed E-state index contributed by atoms with van der Waals surface area (Å²) in [6, 6.07) is 5.22. The third kappa shape index (κ3) is 5.35. The number of carbonyl (C=O) groups is 1. The Morgan fingerprint density at radius 3 is 2.56 bits per heavy atom. The van der Waals surface area contributed by atoms with Crippen molar-refractivity contribution in [2.75, 3.05) is 30.2 Å². The lowest BCUT2D eigenvalue weighted by molar-refractivity contribution is -0.132. The predicted molar refractivity (Wildman–Crippen MR) is 103 cm³/mol. The van der Waals surface area contributed by atoms with Crippen molar-refractivity contribution in [3.63, 3.8) is 0 Å². The Morgan fingerprint density at radius 1 is 1.32 bits per heavy atom. The standard InChI is InChI=1S/C18H27ClN2O3S/c1-14-9-12-20(13-10-14)18(22)8-5-11-21(25(3,23)24)17-7-4-6-16(19)15(17)2/h4,6-7,14H,5,8-13H2,1-3H3. The maximum absolute atomic E-state index is 12.3. The Morgan fingerprint density at radius 2 is 1.96 bits per heavy atom. The van der Waals surface area contributed by atoms with Crippen molar-refractivity contribution in [2.45, 2.75) is 39.5 Å². The normalized spacial score (nSPS) is 16.1. The minimum Gasteiger partial charge on any atom is -0.343 e. The highest BCUT2D eigenvalue weighted by atomic mass is 35.5. The van der Waals surface area contributed by atoms with Gasteiger partial charge in [-0.05, 0) is 49.8 Å². The predicted octanol–water partition coefficient (Wildman–Crippen LogP) is 3.45. The smallest absolute Gasteiger partial charge is 0.232 e. The van der Waals surface area contributed by atoms with Crippen LogP contribution in [0, 0.1) is 12.8 Å². The summed E-state index contributed by atoms with van der Waals surface area (Å²) < 4.78 is 25.7. The summed E-state index contributed by atoms with van der Waals surface area (Å²) in [6.45, 7) is 5.90. The van der Waals surface area contributed by atoms with Crippen molar-refractivity contribution in [2.24, 2.45) is 5.92 Å². The maximum Gasteiger partial charge on any atom is 0.232 e. The zero-order chi connectivity index (χ0) is 18.6. The first-order chi connectivity index (χ1) is 11.7. The van der Waals surface area contributed by atoms with E-state index in [2.05, 4.69) is 6.92 Å². The number of likely N-dealkylation sites (tertiary alicyclic amines) is 1. The number of carbonyl (C=O) groups excluding carboxylic acids is 1. The average molecular weight is 387 g/mol. The van der Waals surface area contributed by atoms with E-state index in [0.717, 1.165) is 31.5 Å². The number of halogens is 1. The fourth-order valence-corrected chi connectivity index (χ4v) is 4.31. The van der Waals surface area contributed by atoms with E-state index in [1.165, 1.54) is 10.6 Å². The second-order valence-electron chi connectivity index (χ2n) is 6.89. The Bertz CT molecular complexity index is 713. The third-order valence-corrected chi connectivity index (χ3v) is 6.39. The van der Waals surface area contributed by atoms with E-state index in [9.17, 15) is 13.2 Å². The number of anilines is 1. The van der Waals surface area contributed by atoms with Gasteiger partial charge in [0.2, 0.25) is 15.9 Å². The van der Waals surface area contributed by atoms with Crippen LogP contribution in [0.25, 0.3) is 0 Å². The van der Waals surface area contributed by atoms with Gasteiger partial charge in [0, 0.05) is 31.1 Å². The molecule has 1 aliphatic heterocycles. The highest BCUT2D eigenvalue weighted by Gasteiger charge is 2.23. The van der Waals surface area contributed by atoms with Crippen molar-refractivity contribution in [1.29, 1.82) is 0 Å². The van der Waals surface area contributed by atoms with E-state index in [1.807, 2.05) is 4.90 Å². The van der Waals surface area contributed by atoms with Gasteiger partial charge in [0.1, 0.15) is 0 Å². The molecule has 25 heavy (non-hydrogen) atoms. The highest BCUT2D eigenvalue weighted by Crippen LogP contribution is 2.28. The van der Waals surface area contributed by atoms with Crippen LogP contribution in [0.4, 0.5) is 5.69 Å². The molecule has 1 saturated heterocycles. The first-order valence-electron chi connectivity index (χ1n) is 8.70. The summed E-state index contributed by atoms with van der Waals surface area (Å²) in [6.07, 6.45) is 4.12. The molecule has 7 heteroatoms. The van der Waals surface area contributed by atoms with E-state index in [4.69, 9.17) is 11.6 Å². The third-order valence-electron chi connectivity index (χ3n) is 4.80. The highest BCUT2D eigenvalue weighted by molar-refractivity contribution is 7.92. The van der Waals surface area contributed by atoms with Gasteiger partial charge in [0.15, 0.2) is 0 Å². The molecular formula is C18H27ClN2O3S. The van der Waals surface area contributed by atoms with Gasteiger partial charge < -0.3 is 4.90 Å². The van der Waals surface area contributed by atoms with Crippen LogP contribution in [0.2, 0.25) is 5.02 Å². The molecule has 1 aliphatic rings. The molecule has 0 aromatic heterocycles.